The maximum Gasteiger partial charge on any atom is 0.348 e. The first-order valence-corrected chi connectivity index (χ1v) is 12.4. The lowest BCUT2D eigenvalue weighted by Gasteiger charge is -2.11. The van der Waals surface area contributed by atoms with Crippen LogP contribution in [0.25, 0.3) is 16.8 Å². The predicted octanol–water partition coefficient (Wildman–Crippen LogP) is 5.29. The number of nitrogens with zero attached hydrogens (tertiary/aromatic N) is 1. The zero-order valence-electron chi connectivity index (χ0n) is 20.8. The van der Waals surface area contributed by atoms with Crippen LogP contribution in [-0.2, 0) is 20.7 Å². The SMILES string of the molecule is C#CCOc1ccc2ccccc2c1/C=C(\C#N)C(=O)Cc1sc(C(=O)OCC)c(C)c1C(=O)OCC. The minimum absolute atomic E-state index is 0.0169. The summed E-state index contributed by atoms with van der Waals surface area (Å²) in [6, 6.07) is 13.1. The third-order valence-electron chi connectivity index (χ3n) is 5.43. The van der Waals surface area contributed by atoms with Crippen molar-refractivity contribution in [2.45, 2.75) is 27.2 Å². The van der Waals surface area contributed by atoms with Gasteiger partial charge in [-0.1, -0.05) is 36.3 Å². The Morgan fingerprint density at radius 2 is 1.76 bits per heavy atom. The monoisotopic (exact) mass is 515 g/mol. The number of carbonyl (C=O) groups excluding carboxylic acids is 3. The highest BCUT2D eigenvalue weighted by atomic mass is 32.1. The van der Waals surface area contributed by atoms with E-state index in [0.29, 0.717) is 21.8 Å². The zero-order chi connectivity index (χ0) is 26.9. The van der Waals surface area contributed by atoms with Crippen LogP contribution in [0.15, 0.2) is 42.0 Å². The maximum atomic E-state index is 13.3. The molecule has 0 amide bonds. The number of Topliss-reactive ketones (excluding diaryl/α,β-unsaturated/α-hetero) is 1. The van der Waals surface area contributed by atoms with Crippen LogP contribution in [0.3, 0.4) is 0 Å². The summed E-state index contributed by atoms with van der Waals surface area (Å²) < 4.78 is 15.9. The van der Waals surface area contributed by atoms with Gasteiger partial charge in [0.2, 0.25) is 0 Å². The summed E-state index contributed by atoms with van der Waals surface area (Å²) in [4.78, 5) is 39.0. The number of thiophene rings is 1. The number of allylic oxidation sites excluding steroid dienone is 1. The summed E-state index contributed by atoms with van der Waals surface area (Å²) >= 11 is 0.988. The zero-order valence-corrected chi connectivity index (χ0v) is 21.6. The largest absolute Gasteiger partial charge is 0.480 e. The van der Waals surface area contributed by atoms with Gasteiger partial charge in [0, 0.05) is 16.9 Å². The van der Waals surface area contributed by atoms with Gasteiger partial charge in [-0.2, -0.15) is 5.26 Å². The second kappa shape index (κ2) is 12.5. The fourth-order valence-corrected chi connectivity index (χ4v) is 4.98. The van der Waals surface area contributed by atoms with Crippen molar-refractivity contribution in [2.75, 3.05) is 19.8 Å². The Labute approximate surface area is 219 Å². The van der Waals surface area contributed by atoms with E-state index in [0.717, 1.165) is 22.1 Å². The molecule has 7 nitrogen and oxygen atoms in total. The number of ketones is 1. The number of benzene rings is 2. The van der Waals surface area contributed by atoms with Gasteiger partial charge in [-0.05, 0) is 49.2 Å². The van der Waals surface area contributed by atoms with Crippen LogP contribution < -0.4 is 4.74 Å². The number of hydrogen-bond donors (Lipinski definition) is 0. The molecule has 1 heterocycles. The van der Waals surface area contributed by atoms with Gasteiger partial charge in [0.15, 0.2) is 5.78 Å². The van der Waals surface area contributed by atoms with E-state index in [2.05, 4.69) is 5.92 Å². The number of terminal acetylenes is 1. The lowest BCUT2D eigenvalue weighted by Crippen LogP contribution is -2.12. The first-order chi connectivity index (χ1) is 17.9. The van der Waals surface area contributed by atoms with Crippen molar-refractivity contribution >= 4 is 45.9 Å². The van der Waals surface area contributed by atoms with Crippen molar-refractivity contribution < 1.29 is 28.6 Å². The number of rotatable bonds is 10. The summed E-state index contributed by atoms with van der Waals surface area (Å²) in [7, 11) is 0. The Kier molecular flexibility index (Phi) is 9.21. The lowest BCUT2D eigenvalue weighted by atomic mass is 9.98. The smallest absolute Gasteiger partial charge is 0.348 e. The molecule has 0 aliphatic heterocycles. The molecule has 0 N–H and O–H groups in total. The van der Waals surface area contributed by atoms with Crippen LogP contribution in [0.4, 0.5) is 0 Å². The molecule has 0 aliphatic rings. The fraction of sp³-hybridized carbons (Fsp3) is 0.241. The molecule has 0 bridgehead atoms. The summed E-state index contributed by atoms with van der Waals surface area (Å²) in [5, 5.41) is 11.6. The summed E-state index contributed by atoms with van der Waals surface area (Å²) in [6.45, 7) is 5.25. The Hall–Kier alpha value is -4.40. The first kappa shape index (κ1) is 27.2. The van der Waals surface area contributed by atoms with Gasteiger partial charge in [-0.25, -0.2) is 9.59 Å². The molecule has 8 heteroatoms. The summed E-state index contributed by atoms with van der Waals surface area (Å²) in [5.74, 6) is 1.09. The number of fused-ring (bicyclic) bond motifs is 1. The second-order valence-corrected chi connectivity index (χ2v) is 8.86. The molecule has 0 saturated heterocycles. The van der Waals surface area contributed by atoms with Crippen molar-refractivity contribution in [3.8, 4) is 24.2 Å². The van der Waals surface area contributed by atoms with Gasteiger partial charge < -0.3 is 14.2 Å². The van der Waals surface area contributed by atoms with E-state index in [1.54, 1.807) is 26.8 Å². The van der Waals surface area contributed by atoms with Gasteiger partial charge in [-0.15, -0.1) is 17.8 Å². The van der Waals surface area contributed by atoms with Crippen molar-refractivity contribution in [1.82, 2.24) is 0 Å². The highest BCUT2D eigenvalue weighted by Gasteiger charge is 2.28. The first-order valence-electron chi connectivity index (χ1n) is 11.6. The number of hydrogen-bond acceptors (Lipinski definition) is 8. The van der Waals surface area contributed by atoms with Crippen molar-refractivity contribution in [3.05, 3.63) is 68.4 Å². The van der Waals surface area contributed by atoms with Gasteiger partial charge >= 0.3 is 11.9 Å². The van der Waals surface area contributed by atoms with Gasteiger partial charge in [0.05, 0.1) is 24.4 Å². The molecule has 37 heavy (non-hydrogen) atoms. The third-order valence-corrected chi connectivity index (χ3v) is 6.70. The summed E-state index contributed by atoms with van der Waals surface area (Å²) in [5.41, 5.74) is 0.925. The van der Waals surface area contributed by atoms with Gasteiger partial charge in [0.25, 0.3) is 0 Å². The van der Waals surface area contributed by atoms with Gasteiger partial charge in [0.1, 0.15) is 23.3 Å². The van der Waals surface area contributed by atoms with E-state index in [4.69, 9.17) is 20.6 Å². The summed E-state index contributed by atoms with van der Waals surface area (Å²) in [6.07, 6.45) is 6.54. The van der Waals surface area contributed by atoms with Gasteiger partial charge in [-0.3, -0.25) is 4.79 Å². The average Bonchev–Trinajstić information content (AvgIpc) is 3.21. The third kappa shape index (κ3) is 6.06. The van der Waals surface area contributed by atoms with Crippen LogP contribution in [0, 0.1) is 30.6 Å². The van der Waals surface area contributed by atoms with Crippen molar-refractivity contribution in [2.24, 2.45) is 0 Å². The normalized spacial score (nSPS) is 10.9. The molecule has 0 aliphatic carbocycles. The number of esters is 2. The highest BCUT2D eigenvalue weighted by molar-refractivity contribution is 7.14. The molecule has 0 unspecified atom stereocenters. The van der Waals surface area contributed by atoms with Crippen molar-refractivity contribution in [1.29, 1.82) is 5.26 Å². The maximum absolute atomic E-state index is 13.3. The van der Waals surface area contributed by atoms with Crippen LogP contribution in [-0.4, -0.2) is 37.5 Å². The molecule has 2 aromatic carbocycles. The lowest BCUT2D eigenvalue weighted by molar-refractivity contribution is -0.114. The minimum Gasteiger partial charge on any atom is -0.480 e. The van der Waals surface area contributed by atoms with Crippen LogP contribution in [0.5, 0.6) is 5.75 Å². The van der Waals surface area contributed by atoms with E-state index < -0.39 is 17.7 Å². The highest BCUT2D eigenvalue weighted by Crippen LogP contribution is 2.33. The Morgan fingerprint density at radius 3 is 2.43 bits per heavy atom. The molecular formula is C29H25NO6S. The molecule has 3 aromatic rings. The predicted molar refractivity (Wildman–Crippen MR) is 142 cm³/mol. The van der Waals surface area contributed by atoms with Crippen LogP contribution in [0.2, 0.25) is 0 Å². The standard InChI is InChI=1S/C29H25NO6S/c1-5-14-36-24-13-12-19-10-8-9-11-21(19)22(24)15-20(17-30)23(31)16-25-26(28(32)34-6-2)18(4)27(37-25)29(33)35-7-3/h1,8-13,15H,6-7,14,16H2,2-4H3/b20-15+. The molecule has 0 fully saturated rings. The quantitative estimate of drug-likeness (QED) is 0.156. The number of carbonyl (C=O) groups is 3. The van der Waals surface area contributed by atoms with E-state index in [1.807, 2.05) is 36.4 Å². The van der Waals surface area contributed by atoms with Crippen LogP contribution in [0.1, 0.15) is 49.9 Å². The Bertz CT molecular complexity index is 1470. The molecule has 1 aromatic heterocycles. The molecule has 0 atom stereocenters. The minimum atomic E-state index is -0.642. The second-order valence-electron chi connectivity index (χ2n) is 7.76. The Morgan fingerprint density at radius 1 is 1.05 bits per heavy atom. The topological polar surface area (TPSA) is 103 Å². The molecule has 3 rings (SSSR count). The average molecular weight is 516 g/mol. The van der Waals surface area contributed by atoms with E-state index in [1.165, 1.54) is 6.08 Å². The number of nitriles is 1. The molecular weight excluding hydrogens is 490 g/mol. The van der Waals surface area contributed by atoms with Crippen molar-refractivity contribution in [3.63, 3.8) is 0 Å². The molecule has 188 valence electrons. The Balaban J connectivity index is 2.07. The molecule has 0 radical (unpaired) electrons. The number of ether oxygens (including phenoxy) is 3. The fourth-order valence-electron chi connectivity index (χ4n) is 3.79. The van der Waals surface area contributed by atoms with E-state index in [-0.39, 0.29) is 42.3 Å². The molecule has 0 saturated carbocycles. The molecule has 0 spiro atoms. The van der Waals surface area contributed by atoms with E-state index >= 15 is 0 Å². The van der Waals surface area contributed by atoms with E-state index in [9.17, 15) is 19.6 Å². The van der Waals surface area contributed by atoms with Crippen LogP contribution >= 0.6 is 11.3 Å².